The smallest absolute Gasteiger partial charge is 0.404 e. The van der Waals surface area contributed by atoms with E-state index in [-0.39, 0.29) is 25.5 Å². The average Bonchev–Trinajstić information content (AvgIpc) is 2.62. The standard InChI is InChI=1S/C17H24F3N3O4S/c1-3-22(4-2)16(24)13-21-9-11-23(12-10-21)28(25,26)15-8-6-5-7-14(15)27-17(18,19)20/h5-8H,3-4,9-13H2,1-2H3. The highest BCUT2D eigenvalue weighted by molar-refractivity contribution is 7.89. The SMILES string of the molecule is CCN(CC)C(=O)CN1CCN(S(=O)(=O)c2ccccc2OC(F)(F)F)CC1. The molecule has 1 aliphatic rings. The zero-order valence-corrected chi connectivity index (χ0v) is 16.6. The molecule has 158 valence electrons. The van der Waals surface area contributed by atoms with Gasteiger partial charge < -0.3 is 9.64 Å². The van der Waals surface area contributed by atoms with Gasteiger partial charge in [-0.1, -0.05) is 12.1 Å². The Hall–Kier alpha value is -1.85. The Bertz CT molecular complexity index is 774. The molecule has 1 fully saturated rings. The van der Waals surface area contributed by atoms with Crippen LogP contribution in [0.3, 0.4) is 0 Å². The molecule has 11 heteroatoms. The van der Waals surface area contributed by atoms with Crippen LogP contribution in [0.1, 0.15) is 13.8 Å². The van der Waals surface area contributed by atoms with E-state index in [0.717, 1.165) is 16.4 Å². The Labute approximate surface area is 162 Å². The van der Waals surface area contributed by atoms with Crippen molar-refractivity contribution in [1.82, 2.24) is 14.1 Å². The molecule has 0 unspecified atom stereocenters. The quantitative estimate of drug-likeness (QED) is 0.669. The molecule has 0 aromatic heterocycles. The molecule has 1 aromatic carbocycles. The Morgan fingerprint density at radius 1 is 1.11 bits per heavy atom. The van der Waals surface area contributed by atoms with Crippen molar-refractivity contribution in [3.8, 4) is 5.75 Å². The molecular formula is C17H24F3N3O4S. The lowest BCUT2D eigenvalue weighted by Gasteiger charge is -2.34. The first kappa shape index (κ1) is 22.4. The monoisotopic (exact) mass is 423 g/mol. The van der Waals surface area contributed by atoms with Gasteiger partial charge in [0.1, 0.15) is 10.6 Å². The second-order valence-corrected chi connectivity index (χ2v) is 8.15. The van der Waals surface area contributed by atoms with E-state index in [1.54, 1.807) is 4.90 Å². The van der Waals surface area contributed by atoms with Crippen LogP contribution in [0.25, 0.3) is 0 Å². The maximum Gasteiger partial charge on any atom is 0.573 e. The molecule has 0 radical (unpaired) electrons. The number of sulfonamides is 1. The Kier molecular flexibility index (Phi) is 7.29. The van der Waals surface area contributed by atoms with Crippen molar-refractivity contribution < 1.29 is 31.1 Å². The predicted molar refractivity (Wildman–Crippen MR) is 96.3 cm³/mol. The molecule has 1 heterocycles. The number of carbonyl (C=O) groups is 1. The lowest BCUT2D eigenvalue weighted by atomic mass is 10.3. The van der Waals surface area contributed by atoms with Crippen molar-refractivity contribution in [1.29, 1.82) is 0 Å². The molecular weight excluding hydrogens is 399 g/mol. The molecule has 1 saturated heterocycles. The highest BCUT2D eigenvalue weighted by Crippen LogP contribution is 2.31. The van der Waals surface area contributed by atoms with Crippen LogP contribution in [-0.4, -0.2) is 80.6 Å². The van der Waals surface area contributed by atoms with Gasteiger partial charge in [0.2, 0.25) is 15.9 Å². The summed E-state index contributed by atoms with van der Waals surface area (Å²) < 4.78 is 68.3. The number of para-hydroxylation sites is 1. The number of alkyl halides is 3. The fourth-order valence-electron chi connectivity index (χ4n) is 3.01. The third kappa shape index (κ3) is 5.58. The van der Waals surface area contributed by atoms with E-state index in [1.165, 1.54) is 12.1 Å². The third-order valence-corrected chi connectivity index (χ3v) is 6.44. The Morgan fingerprint density at radius 3 is 2.21 bits per heavy atom. The number of halogens is 3. The normalized spacial score (nSPS) is 16.8. The minimum absolute atomic E-state index is 0.0368. The summed E-state index contributed by atoms with van der Waals surface area (Å²) in [5.41, 5.74) is 0. The molecule has 0 N–H and O–H groups in total. The van der Waals surface area contributed by atoms with E-state index in [9.17, 15) is 26.4 Å². The van der Waals surface area contributed by atoms with Gasteiger partial charge in [-0.3, -0.25) is 9.69 Å². The molecule has 0 bridgehead atoms. The van der Waals surface area contributed by atoms with Crippen LogP contribution in [0.2, 0.25) is 0 Å². The van der Waals surface area contributed by atoms with Crippen LogP contribution in [0.5, 0.6) is 5.75 Å². The largest absolute Gasteiger partial charge is 0.573 e. The number of carbonyl (C=O) groups excluding carboxylic acids is 1. The van der Waals surface area contributed by atoms with Crippen LogP contribution in [0.4, 0.5) is 13.2 Å². The van der Waals surface area contributed by atoms with Gasteiger partial charge in [-0.15, -0.1) is 13.2 Å². The summed E-state index contributed by atoms with van der Waals surface area (Å²) in [6.45, 7) is 5.92. The number of hydrogen-bond acceptors (Lipinski definition) is 5. The van der Waals surface area contributed by atoms with Crippen LogP contribution in [-0.2, 0) is 14.8 Å². The zero-order chi connectivity index (χ0) is 20.9. The summed E-state index contributed by atoms with van der Waals surface area (Å²) in [4.78, 5) is 15.2. The van der Waals surface area contributed by atoms with E-state index in [0.29, 0.717) is 26.2 Å². The number of hydrogen-bond donors (Lipinski definition) is 0. The minimum atomic E-state index is -4.99. The van der Waals surface area contributed by atoms with E-state index in [4.69, 9.17) is 0 Å². The number of piperazine rings is 1. The van der Waals surface area contributed by atoms with Crippen LogP contribution < -0.4 is 4.74 Å². The first-order valence-electron chi connectivity index (χ1n) is 8.93. The highest BCUT2D eigenvalue weighted by Gasteiger charge is 2.36. The van der Waals surface area contributed by atoms with Crippen molar-refractivity contribution >= 4 is 15.9 Å². The molecule has 1 aliphatic heterocycles. The predicted octanol–water partition coefficient (Wildman–Crippen LogP) is 1.76. The topological polar surface area (TPSA) is 70.2 Å². The van der Waals surface area contributed by atoms with Crippen molar-refractivity contribution in [3.63, 3.8) is 0 Å². The van der Waals surface area contributed by atoms with Crippen molar-refractivity contribution in [2.45, 2.75) is 25.1 Å². The van der Waals surface area contributed by atoms with E-state index >= 15 is 0 Å². The lowest BCUT2D eigenvalue weighted by Crippen LogP contribution is -2.51. The Morgan fingerprint density at radius 2 is 1.68 bits per heavy atom. The second kappa shape index (κ2) is 9.10. The molecule has 0 spiro atoms. The number of amides is 1. The second-order valence-electron chi connectivity index (χ2n) is 6.24. The maximum absolute atomic E-state index is 12.8. The molecule has 7 nitrogen and oxygen atoms in total. The fourth-order valence-corrected chi connectivity index (χ4v) is 4.54. The molecule has 2 rings (SSSR count). The maximum atomic E-state index is 12.8. The lowest BCUT2D eigenvalue weighted by molar-refractivity contribution is -0.275. The fraction of sp³-hybridized carbons (Fsp3) is 0.588. The molecule has 1 amide bonds. The number of rotatable bonds is 7. The van der Waals surface area contributed by atoms with E-state index < -0.39 is 27.0 Å². The van der Waals surface area contributed by atoms with Gasteiger partial charge in [-0.05, 0) is 26.0 Å². The van der Waals surface area contributed by atoms with Crippen molar-refractivity contribution in [2.75, 3.05) is 45.8 Å². The number of ether oxygens (including phenoxy) is 1. The van der Waals surface area contributed by atoms with Gasteiger partial charge in [-0.2, -0.15) is 4.31 Å². The number of nitrogens with zero attached hydrogens (tertiary/aromatic N) is 3. The molecule has 0 aliphatic carbocycles. The Balaban J connectivity index is 2.07. The molecule has 1 aromatic rings. The van der Waals surface area contributed by atoms with Crippen LogP contribution >= 0.6 is 0 Å². The average molecular weight is 423 g/mol. The first-order chi connectivity index (χ1) is 13.1. The van der Waals surface area contributed by atoms with Gasteiger partial charge in [0.05, 0.1) is 6.54 Å². The summed E-state index contributed by atoms with van der Waals surface area (Å²) in [5, 5.41) is 0. The van der Waals surface area contributed by atoms with E-state index in [1.807, 2.05) is 18.7 Å². The third-order valence-electron chi connectivity index (χ3n) is 4.50. The van der Waals surface area contributed by atoms with Gasteiger partial charge >= 0.3 is 6.36 Å². The van der Waals surface area contributed by atoms with E-state index in [2.05, 4.69) is 4.74 Å². The van der Waals surface area contributed by atoms with Gasteiger partial charge in [0.15, 0.2) is 0 Å². The molecule has 28 heavy (non-hydrogen) atoms. The summed E-state index contributed by atoms with van der Waals surface area (Å²) in [5.74, 6) is -0.792. The first-order valence-corrected chi connectivity index (χ1v) is 10.4. The zero-order valence-electron chi connectivity index (χ0n) is 15.8. The minimum Gasteiger partial charge on any atom is -0.404 e. The molecule has 0 atom stereocenters. The van der Waals surface area contributed by atoms with Gasteiger partial charge in [0.25, 0.3) is 0 Å². The summed E-state index contributed by atoms with van der Waals surface area (Å²) in [7, 11) is -4.16. The highest BCUT2D eigenvalue weighted by atomic mass is 32.2. The van der Waals surface area contributed by atoms with Crippen molar-refractivity contribution in [2.24, 2.45) is 0 Å². The summed E-state index contributed by atoms with van der Waals surface area (Å²) in [6.07, 6.45) is -4.99. The van der Waals surface area contributed by atoms with Gasteiger partial charge in [-0.25, -0.2) is 8.42 Å². The van der Waals surface area contributed by atoms with Crippen molar-refractivity contribution in [3.05, 3.63) is 24.3 Å². The summed E-state index contributed by atoms with van der Waals surface area (Å²) in [6, 6.07) is 4.68. The molecule has 0 saturated carbocycles. The summed E-state index contributed by atoms with van der Waals surface area (Å²) >= 11 is 0. The van der Waals surface area contributed by atoms with Crippen LogP contribution in [0.15, 0.2) is 29.2 Å². The van der Waals surface area contributed by atoms with Gasteiger partial charge in [0, 0.05) is 39.3 Å². The van der Waals surface area contributed by atoms with Crippen LogP contribution in [0, 0.1) is 0 Å². The number of likely N-dealkylation sites (N-methyl/N-ethyl adjacent to an activating group) is 1. The number of benzene rings is 1.